The van der Waals surface area contributed by atoms with E-state index in [9.17, 15) is 9.59 Å². The average molecular weight is 249 g/mol. The van der Waals surface area contributed by atoms with E-state index in [1.165, 1.54) is 4.90 Å². The molecule has 1 aromatic carbocycles. The molecule has 0 spiro atoms. The van der Waals surface area contributed by atoms with Crippen molar-refractivity contribution in [1.82, 2.24) is 4.90 Å². The Balaban J connectivity index is 2.11. The molecule has 1 heterocycles. The van der Waals surface area contributed by atoms with Crippen LogP contribution in [0.4, 0.5) is 0 Å². The summed E-state index contributed by atoms with van der Waals surface area (Å²) in [6.07, 6.45) is 0.675. The monoisotopic (exact) mass is 249 g/mol. The van der Waals surface area contributed by atoms with Gasteiger partial charge in [-0.25, -0.2) is 4.79 Å². The van der Waals surface area contributed by atoms with Gasteiger partial charge in [0.1, 0.15) is 6.04 Å². The number of carboxylic acids is 1. The van der Waals surface area contributed by atoms with E-state index in [1.807, 2.05) is 0 Å². The Morgan fingerprint density at radius 3 is 2.44 bits per heavy atom. The fourth-order valence-electron chi connectivity index (χ4n) is 2.14. The second-order valence-corrected chi connectivity index (χ2v) is 4.39. The number of carboxylic acid groups (broad SMARTS) is 1. The molecule has 1 saturated heterocycles. The van der Waals surface area contributed by atoms with Crippen molar-refractivity contribution in [3.8, 4) is 0 Å². The summed E-state index contributed by atoms with van der Waals surface area (Å²) in [5.41, 5.74) is 1.66. The molecule has 0 aliphatic carbocycles. The number of nitrogens with zero attached hydrogens (tertiary/aromatic N) is 1. The van der Waals surface area contributed by atoms with Crippen LogP contribution >= 0.6 is 0 Å². The largest absolute Gasteiger partial charge is 0.480 e. The first kappa shape index (κ1) is 12.6. The lowest BCUT2D eigenvalue weighted by atomic mass is 10.1. The number of aliphatic hydroxyl groups excluding tert-OH is 1. The SMILES string of the molecule is O=C(O)C1CCC(=O)N1Cc1ccc(CO)cc1. The fourth-order valence-corrected chi connectivity index (χ4v) is 2.14. The Morgan fingerprint density at radius 1 is 1.28 bits per heavy atom. The van der Waals surface area contributed by atoms with Gasteiger partial charge in [-0.2, -0.15) is 0 Å². The van der Waals surface area contributed by atoms with E-state index in [-0.39, 0.29) is 12.5 Å². The predicted octanol–water partition coefficient (Wildman–Crippen LogP) is 0.754. The quantitative estimate of drug-likeness (QED) is 0.825. The number of hydrogen-bond donors (Lipinski definition) is 2. The Kier molecular flexibility index (Phi) is 3.62. The Bertz CT molecular complexity index is 455. The van der Waals surface area contributed by atoms with Crippen LogP contribution < -0.4 is 0 Å². The zero-order chi connectivity index (χ0) is 13.1. The first-order valence-corrected chi connectivity index (χ1v) is 5.83. The van der Waals surface area contributed by atoms with Crippen LogP contribution in [-0.2, 0) is 22.7 Å². The van der Waals surface area contributed by atoms with Crippen LogP contribution in [0.3, 0.4) is 0 Å². The maximum atomic E-state index is 11.6. The van der Waals surface area contributed by atoms with Gasteiger partial charge in [-0.05, 0) is 17.5 Å². The summed E-state index contributed by atoms with van der Waals surface area (Å²) >= 11 is 0. The predicted molar refractivity (Wildman–Crippen MR) is 63.6 cm³/mol. The number of carbonyl (C=O) groups excluding carboxylic acids is 1. The summed E-state index contributed by atoms with van der Waals surface area (Å²) in [5, 5.41) is 18.0. The van der Waals surface area contributed by atoms with Crippen LogP contribution in [0, 0.1) is 0 Å². The van der Waals surface area contributed by atoms with Crippen LogP contribution in [0.2, 0.25) is 0 Å². The molecule has 1 aromatic rings. The van der Waals surface area contributed by atoms with Crippen molar-refractivity contribution < 1.29 is 19.8 Å². The molecule has 1 aliphatic heterocycles. The number of aliphatic carboxylic acids is 1. The zero-order valence-corrected chi connectivity index (χ0v) is 9.87. The van der Waals surface area contributed by atoms with E-state index in [0.717, 1.165) is 11.1 Å². The van der Waals surface area contributed by atoms with E-state index in [1.54, 1.807) is 24.3 Å². The van der Waals surface area contributed by atoms with Crippen LogP contribution in [0.15, 0.2) is 24.3 Å². The molecule has 5 heteroatoms. The van der Waals surface area contributed by atoms with Crippen molar-refractivity contribution in [2.45, 2.75) is 32.0 Å². The molecule has 0 aromatic heterocycles. The maximum Gasteiger partial charge on any atom is 0.326 e. The molecule has 18 heavy (non-hydrogen) atoms. The van der Waals surface area contributed by atoms with Gasteiger partial charge in [-0.3, -0.25) is 4.79 Å². The standard InChI is InChI=1S/C13H15NO4/c15-8-10-3-1-9(2-4-10)7-14-11(13(17)18)5-6-12(14)16/h1-4,11,15H,5-8H2,(H,17,18). The van der Waals surface area contributed by atoms with Crippen molar-refractivity contribution in [2.24, 2.45) is 0 Å². The van der Waals surface area contributed by atoms with Crippen molar-refractivity contribution in [2.75, 3.05) is 0 Å². The second-order valence-electron chi connectivity index (χ2n) is 4.39. The molecule has 0 radical (unpaired) electrons. The zero-order valence-electron chi connectivity index (χ0n) is 9.87. The highest BCUT2D eigenvalue weighted by Crippen LogP contribution is 2.21. The van der Waals surface area contributed by atoms with Crippen molar-refractivity contribution in [3.05, 3.63) is 35.4 Å². The third-order valence-electron chi connectivity index (χ3n) is 3.17. The van der Waals surface area contributed by atoms with Crippen LogP contribution in [0.1, 0.15) is 24.0 Å². The van der Waals surface area contributed by atoms with Crippen molar-refractivity contribution in [3.63, 3.8) is 0 Å². The molecule has 1 unspecified atom stereocenters. The topological polar surface area (TPSA) is 77.8 Å². The summed E-state index contributed by atoms with van der Waals surface area (Å²) in [5.74, 6) is -1.07. The van der Waals surface area contributed by atoms with E-state index in [4.69, 9.17) is 10.2 Å². The summed E-state index contributed by atoms with van der Waals surface area (Å²) in [4.78, 5) is 24.1. The number of hydrogen-bond acceptors (Lipinski definition) is 3. The van der Waals surface area contributed by atoms with Crippen LogP contribution in [0.25, 0.3) is 0 Å². The number of rotatable bonds is 4. The molecular weight excluding hydrogens is 234 g/mol. The third-order valence-corrected chi connectivity index (χ3v) is 3.17. The summed E-state index contributed by atoms with van der Waals surface area (Å²) in [7, 11) is 0. The molecule has 1 aliphatic rings. The molecule has 5 nitrogen and oxygen atoms in total. The highest BCUT2D eigenvalue weighted by Gasteiger charge is 2.35. The van der Waals surface area contributed by atoms with Gasteiger partial charge in [0.15, 0.2) is 0 Å². The van der Waals surface area contributed by atoms with Gasteiger partial charge in [0.25, 0.3) is 0 Å². The van der Waals surface area contributed by atoms with Gasteiger partial charge in [0.2, 0.25) is 5.91 Å². The lowest BCUT2D eigenvalue weighted by molar-refractivity contribution is -0.146. The first-order chi connectivity index (χ1) is 8.61. The Morgan fingerprint density at radius 2 is 1.89 bits per heavy atom. The lowest BCUT2D eigenvalue weighted by Crippen LogP contribution is -2.37. The summed E-state index contributed by atoms with van der Waals surface area (Å²) in [6.45, 7) is 0.280. The number of carbonyl (C=O) groups is 2. The van der Waals surface area contributed by atoms with Gasteiger partial charge in [0.05, 0.1) is 6.61 Å². The minimum atomic E-state index is -0.951. The minimum Gasteiger partial charge on any atom is -0.480 e. The molecular formula is C13H15NO4. The van der Waals surface area contributed by atoms with Gasteiger partial charge in [-0.1, -0.05) is 24.3 Å². The lowest BCUT2D eigenvalue weighted by Gasteiger charge is -2.21. The van der Waals surface area contributed by atoms with Crippen LogP contribution in [0.5, 0.6) is 0 Å². The maximum absolute atomic E-state index is 11.6. The molecule has 1 amide bonds. The average Bonchev–Trinajstić information content (AvgIpc) is 2.72. The van der Waals surface area contributed by atoms with E-state index in [2.05, 4.69) is 0 Å². The van der Waals surface area contributed by atoms with Gasteiger partial charge in [0, 0.05) is 13.0 Å². The second kappa shape index (κ2) is 5.18. The summed E-state index contributed by atoms with van der Waals surface area (Å²) in [6, 6.07) is 6.43. The van der Waals surface area contributed by atoms with E-state index in [0.29, 0.717) is 19.4 Å². The highest BCUT2D eigenvalue weighted by atomic mass is 16.4. The first-order valence-electron chi connectivity index (χ1n) is 5.83. The smallest absolute Gasteiger partial charge is 0.326 e. The number of benzene rings is 1. The number of likely N-dealkylation sites (tertiary alicyclic amines) is 1. The van der Waals surface area contributed by atoms with E-state index >= 15 is 0 Å². The normalized spacial score (nSPS) is 19.3. The minimum absolute atomic E-state index is 0.0271. The van der Waals surface area contributed by atoms with Crippen molar-refractivity contribution >= 4 is 11.9 Å². The molecule has 1 atom stereocenters. The molecule has 2 N–H and O–H groups in total. The molecule has 0 bridgehead atoms. The Labute approximate surface area is 105 Å². The fraction of sp³-hybridized carbons (Fsp3) is 0.385. The molecule has 2 rings (SSSR count). The van der Waals surface area contributed by atoms with Gasteiger partial charge >= 0.3 is 5.97 Å². The van der Waals surface area contributed by atoms with Crippen molar-refractivity contribution in [1.29, 1.82) is 0 Å². The number of aliphatic hydroxyl groups is 1. The summed E-state index contributed by atoms with van der Waals surface area (Å²) < 4.78 is 0. The van der Waals surface area contributed by atoms with Crippen LogP contribution in [-0.4, -0.2) is 33.0 Å². The molecule has 0 saturated carbocycles. The third kappa shape index (κ3) is 2.51. The Hall–Kier alpha value is -1.88. The number of amides is 1. The highest BCUT2D eigenvalue weighted by molar-refractivity contribution is 5.87. The van der Waals surface area contributed by atoms with Gasteiger partial charge in [-0.15, -0.1) is 0 Å². The molecule has 1 fully saturated rings. The van der Waals surface area contributed by atoms with Gasteiger partial charge < -0.3 is 15.1 Å². The van der Waals surface area contributed by atoms with E-state index < -0.39 is 12.0 Å². The molecule has 96 valence electrons.